The lowest BCUT2D eigenvalue weighted by Gasteiger charge is -2.23. The number of hydrogen-bond donors (Lipinski definition) is 3. The summed E-state index contributed by atoms with van der Waals surface area (Å²) in [5.74, 6) is -1.13. The van der Waals surface area contributed by atoms with Crippen LogP contribution in [0, 0.1) is 20.8 Å². The van der Waals surface area contributed by atoms with E-state index in [1.807, 2.05) is 31.2 Å². The van der Waals surface area contributed by atoms with Crippen LogP contribution in [0.3, 0.4) is 0 Å². The van der Waals surface area contributed by atoms with Crippen molar-refractivity contribution < 1.29 is 38.2 Å². The number of ether oxygens (including phenoxy) is 3. The van der Waals surface area contributed by atoms with Crippen molar-refractivity contribution in [3.8, 4) is 5.00 Å². The van der Waals surface area contributed by atoms with Crippen molar-refractivity contribution in [3.05, 3.63) is 97.9 Å². The molecular formula is C42H46ClN7O8S. The summed E-state index contributed by atoms with van der Waals surface area (Å²) in [5, 5.41) is 19.0. The molecule has 0 aliphatic carbocycles. The average molecular weight is 844 g/mol. The van der Waals surface area contributed by atoms with E-state index in [1.54, 1.807) is 29.5 Å². The van der Waals surface area contributed by atoms with Gasteiger partial charge in [0.15, 0.2) is 0 Å². The first-order chi connectivity index (χ1) is 28.5. The second kappa shape index (κ2) is 18.8. The largest absolute Gasteiger partial charge is 0.382 e. The Morgan fingerprint density at radius 3 is 2.36 bits per heavy atom. The molecular weight excluding hydrogens is 798 g/mol. The molecule has 3 aliphatic rings. The van der Waals surface area contributed by atoms with Crippen molar-refractivity contribution in [3.63, 3.8) is 0 Å². The van der Waals surface area contributed by atoms with Crippen molar-refractivity contribution in [2.24, 2.45) is 0 Å². The highest BCUT2D eigenvalue weighted by molar-refractivity contribution is 7.15. The van der Waals surface area contributed by atoms with Gasteiger partial charge in [-0.1, -0.05) is 35.9 Å². The van der Waals surface area contributed by atoms with Gasteiger partial charge in [0.25, 0.3) is 11.8 Å². The van der Waals surface area contributed by atoms with E-state index in [-0.39, 0.29) is 42.2 Å². The summed E-state index contributed by atoms with van der Waals surface area (Å²) in [4.78, 5) is 66.3. The number of aryl methyl sites for hydroxylation is 2. The summed E-state index contributed by atoms with van der Waals surface area (Å²) in [6.45, 7) is 8.87. The van der Waals surface area contributed by atoms with Gasteiger partial charge in [0.1, 0.15) is 22.7 Å². The van der Waals surface area contributed by atoms with Gasteiger partial charge in [-0.15, -0.1) is 21.5 Å². The Kier molecular flexibility index (Phi) is 13.3. The van der Waals surface area contributed by atoms with Crippen LogP contribution >= 0.6 is 22.9 Å². The minimum atomic E-state index is -1.04. The van der Waals surface area contributed by atoms with E-state index >= 15 is 0 Å². The smallest absolute Gasteiger partial charge is 0.264 e. The molecule has 5 heterocycles. The maximum atomic E-state index is 13.4. The monoisotopic (exact) mass is 843 g/mol. The molecule has 3 N–H and O–H groups in total. The molecule has 2 atom stereocenters. The number of benzene rings is 2. The lowest BCUT2D eigenvalue weighted by molar-refractivity contribution is -0.131. The summed E-state index contributed by atoms with van der Waals surface area (Å²) in [5.41, 5.74) is 5.23. The molecule has 310 valence electrons. The fraction of sp³-hybridized carbons (Fsp3) is 0.405. The van der Waals surface area contributed by atoms with E-state index in [1.165, 1.54) is 10.4 Å². The van der Waals surface area contributed by atoms with Crippen LogP contribution in [-0.4, -0.2) is 108 Å². The van der Waals surface area contributed by atoms with Crippen molar-refractivity contribution in [2.75, 3.05) is 58.0 Å². The molecule has 4 aromatic rings. The molecule has 0 bridgehead atoms. The Balaban J connectivity index is 0.799. The lowest BCUT2D eigenvalue weighted by Crippen LogP contribution is -2.49. The predicted molar refractivity (Wildman–Crippen MR) is 221 cm³/mol. The van der Waals surface area contributed by atoms with Crippen LogP contribution in [0.4, 0.5) is 5.69 Å². The molecule has 0 radical (unpaired) electrons. The van der Waals surface area contributed by atoms with Crippen LogP contribution in [0.5, 0.6) is 0 Å². The molecule has 17 heteroatoms. The Morgan fingerprint density at radius 2 is 1.61 bits per heavy atom. The molecule has 0 spiro atoms. The number of carbonyl (C=O) groups is 5. The first-order valence-corrected chi connectivity index (χ1v) is 20.8. The number of thiophene rings is 1. The van der Waals surface area contributed by atoms with Crippen LogP contribution < -0.4 is 16.0 Å². The van der Waals surface area contributed by atoms with Gasteiger partial charge >= 0.3 is 0 Å². The van der Waals surface area contributed by atoms with Gasteiger partial charge in [-0.2, -0.15) is 0 Å². The zero-order chi connectivity index (χ0) is 41.6. The van der Waals surface area contributed by atoms with Gasteiger partial charge in [0.2, 0.25) is 17.7 Å². The van der Waals surface area contributed by atoms with E-state index in [0.29, 0.717) is 69.9 Å². The number of allylic oxidation sites excluding steroid dienone is 1. The van der Waals surface area contributed by atoms with E-state index in [0.717, 1.165) is 38.2 Å². The number of imide groups is 2. The number of amides is 5. The average Bonchev–Trinajstić information content (AvgIpc) is 3.74. The van der Waals surface area contributed by atoms with E-state index in [4.69, 9.17) is 25.8 Å². The quantitative estimate of drug-likeness (QED) is 0.0972. The summed E-state index contributed by atoms with van der Waals surface area (Å²) < 4.78 is 19.0. The molecule has 2 aromatic carbocycles. The topological polar surface area (TPSA) is 183 Å². The molecule has 0 unspecified atom stereocenters. The van der Waals surface area contributed by atoms with Gasteiger partial charge in [-0.3, -0.25) is 38.8 Å². The molecule has 3 aliphatic heterocycles. The third-order valence-corrected chi connectivity index (χ3v) is 12.0. The molecule has 15 nitrogen and oxygen atoms in total. The van der Waals surface area contributed by atoms with E-state index in [2.05, 4.69) is 50.6 Å². The SMILES string of the molecule is Cc1sc2c(c1C)C(c1ccc(Cl)cc1)=C[C@@H](CC(=O)NCCOCCOCCOCCNc1cccc3c1C(=O)N([C@H]1CCCC(=O)NC1=O)C3=O)c1nnc(C)n1-2. The zero-order valence-corrected chi connectivity index (χ0v) is 34.7. The Hall–Kier alpha value is -5.26. The van der Waals surface area contributed by atoms with Gasteiger partial charge in [0.05, 0.1) is 50.8 Å². The van der Waals surface area contributed by atoms with E-state index in [9.17, 15) is 24.0 Å². The summed E-state index contributed by atoms with van der Waals surface area (Å²) in [6, 6.07) is 11.6. The Labute approximate surface area is 350 Å². The number of nitrogens with one attached hydrogen (secondary N) is 3. The number of anilines is 1. The molecule has 59 heavy (non-hydrogen) atoms. The summed E-state index contributed by atoms with van der Waals surface area (Å²) >= 11 is 7.93. The minimum absolute atomic E-state index is 0.125. The van der Waals surface area contributed by atoms with Crippen LogP contribution in [0.25, 0.3) is 10.6 Å². The second-order valence-corrected chi connectivity index (χ2v) is 16.1. The second-order valence-electron chi connectivity index (χ2n) is 14.4. The molecule has 0 saturated carbocycles. The number of halogens is 1. The molecule has 7 rings (SSSR count). The number of aromatic nitrogens is 3. The fourth-order valence-electron chi connectivity index (χ4n) is 7.52. The van der Waals surface area contributed by atoms with Crippen LogP contribution in [0.15, 0.2) is 48.5 Å². The van der Waals surface area contributed by atoms with Gasteiger partial charge < -0.3 is 24.8 Å². The standard InChI is InChI=1S/C42H46ClN7O8S/c1-24-25(2)59-42-36(24)31(27-10-12-29(43)13-11-27)22-28(38-48-47-26(3)49(38)42)23-35(52)45-15-17-57-19-21-58-20-18-56-16-14-44-32-7-4-6-30-37(32)41(55)50(40(30)54)33-8-5-9-34(51)46-39(33)53/h4,6-7,10-13,22,28,33,44H,5,8-9,14-21,23H2,1-3H3,(H,45,52)(H,46,51,53)/t28-,33-/m0/s1. The number of nitrogens with zero attached hydrogens (tertiary/aromatic N) is 4. The van der Waals surface area contributed by atoms with Crippen LogP contribution in [0.1, 0.15) is 85.5 Å². The molecule has 5 amide bonds. The number of rotatable bonds is 17. The highest BCUT2D eigenvalue weighted by Crippen LogP contribution is 2.44. The number of carbonyl (C=O) groups excluding carboxylic acids is 5. The van der Waals surface area contributed by atoms with Gasteiger partial charge in [-0.25, -0.2) is 0 Å². The highest BCUT2D eigenvalue weighted by Gasteiger charge is 2.45. The van der Waals surface area contributed by atoms with Crippen LogP contribution in [-0.2, 0) is 28.6 Å². The lowest BCUT2D eigenvalue weighted by atomic mass is 9.92. The maximum absolute atomic E-state index is 13.4. The first kappa shape index (κ1) is 41.9. The van der Waals surface area contributed by atoms with Crippen LogP contribution in [0.2, 0.25) is 5.02 Å². The van der Waals surface area contributed by atoms with Gasteiger partial charge in [0, 0.05) is 53.0 Å². The Bertz CT molecular complexity index is 2290. The normalized spacial score (nSPS) is 17.5. The molecule has 1 fully saturated rings. The van der Waals surface area contributed by atoms with E-state index < -0.39 is 29.7 Å². The third kappa shape index (κ3) is 9.16. The summed E-state index contributed by atoms with van der Waals surface area (Å²) in [6.07, 6.45) is 3.10. The van der Waals surface area contributed by atoms with Crippen molar-refractivity contribution in [2.45, 2.75) is 58.4 Å². The van der Waals surface area contributed by atoms with Crippen molar-refractivity contribution in [1.29, 1.82) is 0 Å². The number of fused-ring (bicyclic) bond motifs is 4. The predicted octanol–water partition coefficient (Wildman–Crippen LogP) is 4.90. The fourth-order valence-corrected chi connectivity index (χ4v) is 8.87. The van der Waals surface area contributed by atoms with Crippen molar-refractivity contribution in [1.82, 2.24) is 30.3 Å². The third-order valence-electron chi connectivity index (χ3n) is 10.5. The minimum Gasteiger partial charge on any atom is -0.382 e. The molecule has 1 saturated heterocycles. The molecule has 2 aromatic heterocycles. The zero-order valence-electron chi connectivity index (χ0n) is 33.1. The summed E-state index contributed by atoms with van der Waals surface area (Å²) in [7, 11) is 0. The van der Waals surface area contributed by atoms with Crippen molar-refractivity contribution >= 4 is 63.7 Å². The van der Waals surface area contributed by atoms with Gasteiger partial charge in [-0.05, 0) is 74.6 Å². The highest BCUT2D eigenvalue weighted by atomic mass is 35.5. The first-order valence-electron chi connectivity index (χ1n) is 19.6. The number of hydrogen-bond acceptors (Lipinski definition) is 12. The Morgan fingerprint density at radius 1 is 0.898 bits per heavy atom. The maximum Gasteiger partial charge on any atom is 0.264 e.